The number of benzene rings is 1. The predicted molar refractivity (Wildman–Crippen MR) is 115 cm³/mol. The van der Waals surface area contributed by atoms with Gasteiger partial charge >= 0.3 is 0 Å². The summed E-state index contributed by atoms with van der Waals surface area (Å²) in [5, 5.41) is 1.57. The number of ether oxygens (including phenoxy) is 1. The Labute approximate surface area is 177 Å². The summed E-state index contributed by atoms with van der Waals surface area (Å²) in [7, 11) is -3.12. The second kappa shape index (κ2) is 7.62. The Hall–Kier alpha value is -2.53. The molecule has 1 aromatic carbocycles. The van der Waals surface area contributed by atoms with E-state index in [2.05, 4.69) is 14.9 Å². The molecule has 1 saturated heterocycles. The van der Waals surface area contributed by atoms with E-state index in [1.54, 1.807) is 12.5 Å². The Bertz CT molecular complexity index is 1270. The molecule has 0 atom stereocenters. The largest absolute Gasteiger partial charge is 0.464 e. The molecule has 1 aliphatic heterocycles. The molecular weight excluding hydrogens is 424 g/mol. The molecule has 0 bridgehead atoms. The van der Waals surface area contributed by atoms with E-state index in [4.69, 9.17) is 9.15 Å². The molecule has 1 aliphatic rings. The first-order valence-corrected chi connectivity index (χ1v) is 12.2. The van der Waals surface area contributed by atoms with Gasteiger partial charge in [0.15, 0.2) is 5.65 Å². The highest BCUT2D eigenvalue weighted by molar-refractivity contribution is 7.88. The lowest BCUT2D eigenvalue weighted by atomic mass is 10.1. The maximum Gasteiger partial charge on any atom is 0.281 e. The zero-order valence-corrected chi connectivity index (χ0v) is 17.9. The van der Waals surface area contributed by atoms with E-state index in [-0.39, 0.29) is 0 Å². The van der Waals surface area contributed by atoms with Crippen molar-refractivity contribution in [3.63, 3.8) is 0 Å². The van der Waals surface area contributed by atoms with Crippen LogP contribution in [-0.4, -0.2) is 60.0 Å². The summed E-state index contributed by atoms with van der Waals surface area (Å²) in [5.74, 6) is 0.657. The van der Waals surface area contributed by atoms with Gasteiger partial charge in [-0.2, -0.15) is 9.29 Å². The second-order valence-electron chi connectivity index (χ2n) is 7.26. The number of fused-ring (bicyclic) bond motifs is 2. The summed E-state index contributed by atoms with van der Waals surface area (Å²) in [5.41, 5.74) is 2.50. The van der Waals surface area contributed by atoms with Crippen molar-refractivity contribution in [2.75, 3.05) is 32.4 Å². The van der Waals surface area contributed by atoms with Gasteiger partial charge in [-0.15, -0.1) is 0 Å². The summed E-state index contributed by atoms with van der Waals surface area (Å²) in [6.07, 6.45) is 4.74. The Kier molecular flexibility index (Phi) is 4.94. The molecule has 8 nitrogen and oxygen atoms in total. The quantitative estimate of drug-likeness (QED) is 0.467. The first kappa shape index (κ1) is 19.4. The third-order valence-corrected chi connectivity index (χ3v) is 7.36. The summed E-state index contributed by atoms with van der Waals surface area (Å²) < 4.78 is 37.5. The molecule has 10 heteroatoms. The molecule has 30 heavy (non-hydrogen) atoms. The Morgan fingerprint density at radius 1 is 1.20 bits per heavy atom. The number of hydrogen-bond donors (Lipinski definition) is 0. The summed E-state index contributed by atoms with van der Waals surface area (Å²) in [6.45, 7) is 3.15. The number of aromatic nitrogens is 2. The fourth-order valence-corrected chi connectivity index (χ4v) is 5.22. The van der Waals surface area contributed by atoms with Gasteiger partial charge < -0.3 is 9.15 Å². The highest BCUT2D eigenvalue weighted by atomic mass is 32.2. The van der Waals surface area contributed by atoms with Gasteiger partial charge in [0.25, 0.3) is 5.19 Å². The van der Waals surface area contributed by atoms with E-state index >= 15 is 0 Å². The normalized spacial score (nSPS) is 16.4. The molecule has 4 heterocycles. The van der Waals surface area contributed by atoms with E-state index in [0.29, 0.717) is 49.3 Å². The van der Waals surface area contributed by atoms with Crippen molar-refractivity contribution in [3.05, 3.63) is 48.4 Å². The number of furan rings is 1. The van der Waals surface area contributed by atoms with Crippen LogP contribution in [0.2, 0.25) is 0 Å². The van der Waals surface area contributed by atoms with E-state index in [9.17, 15) is 8.42 Å². The number of hydrogen-bond acceptors (Lipinski definition) is 8. The molecule has 0 amide bonds. The zero-order chi connectivity index (χ0) is 20.7. The minimum Gasteiger partial charge on any atom is -0.464 e. The molecule has 3 aromatic heterocycles. The molecule has 5 rings (SSSR count). The fraction of sp³-hybridized carbons (Fsp3) is 0.300. The highest BCUT2D eigenvalue weighted by Gasteiger charge is 2.24. The number of rotatable bonds is 5. The lowest BCUT2D eigenvalue weighted by Crippen LogP contribution is -2.47. The van der Waals surface area contributed by atoms with Crippen LogP contribution in [0.4, 0.5) is 0 Å². The molecule has 0 N–H and O–H groups in total. The third-order valence-electron chi connectivity index (χ3n) is 5.17. The van der Waals surface area contributed by atoms with Crippen molar-refractivity contribution in [2.45, 2.75) is 6.54 Å². The predicted octanol–water partition coefficient (Wildman–Crippen LogP) is 3.31. The van der Waals surface area contributed by atoms with Gasteiger partial charge in [0.1, 0.15) is 11.3 Å². The first-order valence-electron chi connectivity index (χ1n) is 9.53. The lowest BCUT2D eigenvalue weighted by Gasteiger charge is -2.32. The van der Waals surface area contributed by atoms with Gasteiger partial charge in [0.2, 0.25) is 10.0 Å². The smallest absolute Gasteiger partial charge is 0.281 e. The van der Waals surface area contributed by atoms with Crippen LogP contribution in [0.25, 0.3) is 21.3 Å². The van der Waals surface area contributed by atoms with Crippen LogP contribution >= 0.6 is 11.3 Å². The van der Waals surface area contributed by atoms with E-state index in [1.807, 2.05) is 30.3 Å². The zero-order valence-electron chi connectivity index (χ0n) is 16.3. The third kappa shape index (κ3) is 3.91. The number of thiazole rings is 1. The van der Waals surface area contributed by atoms with E-state index < -0.39 is 10.0 Å². The lowest BCUT2D eigenvalue weighted by molar-refractivity contribution is 0.182. The molecule has 0 aliphatic carbocycles. The second-order valence-corrected chi connectivity index (χ2v) is 10.2. The van der Waals surface area contributed by atoms with Crippen LogP contribution < -0.4 is 4.74 Å². The number of sulfonamides is 1. The Morgan fingerprint density at radius 3 is 2.80 bits per heavy atom. The molecular formula is C20H20N4O4S2. The van der Waals surface area contributed by atoms with Crippen molar-refractivity contribution in [1.82, 2.24) is 19.2 Å². The van der Waals surface area contributed by atoms with Crippen LogP contribution in [0.3, 0.4) is 0 Å². The van der Waals surface area contributed by atoms with Crippen molar-refractivity contribution in [2.24, 2.45) is 0 Å². The molecule has 0 spiro atoms. The maximum atomic E-state index is 11.7. The average Bonchev–Trinajstić information content (AvgIpc) is 3.31. The molecule has 0 unspecified atom stereocenters. The molecule has 4 aromatic rings. The van der Waals surface area contributed by atoms with Gasteiger partial charge in [-0.05, 0) is 24.3 Å². The van der Waals surface area contributed by atoms with Crippen LogP contribution in [-0.2, 0) is 16.6 Å². The van der Waals surface area contributed by atoms with Gasteiger partial charge in [0, 0.05) is 55.9 Å². The fourth-order valence-electron chi connectivity index (χ4n) is 3.60. The summed E-state index contributed by atoms with van der Waals surface area (Å²) >= 11 is 1.45. The Balaban J connectivity index is 1.29. The van der Waals surface area contributed by atoms with E-state index in [0.717, 1.165) is 21.2 Å². The van der Waals surface area contributed by atoms with Crippen molar-refractivity contribution < 1.29 is 17.6 Å². The first-order chi connectivity index (χ1) is 14.5. The molecule has 0 radical (unpaired) electrons. The number of nitrogens with zero attached hydrogens (tertiary/aromatic N) is 4. The van der Waals surface area contributed by atoms with Crippen molar-refractivity contribution >= 4 is 42.7 Å². The van der Waals surface area contributed by atoms with Crippen LogP contribution in [0, 0.1) is 0 Å². The highest BCUT2D eigenvalue weighted by Crippen LogP contribution is 2.33. The van der Waals surface area contributed by atoms with Crippen molar-refractivity contribution in [3.8, 4) is 10.9 Å². The Morgan fingerprint density at radius 2 is 2.03 bits per heavy atom. The van der Waals surface area contributed by atoms with Gasteiger partial charge in [-0.1, -0.05) is 11.3 Å². The summed E-state index contributed by atoms with van der Waals surface area (Å²) in [6, 6.07) is 9.59. The van der Waals surface area contributed by atoms with Crippen molar-refractivity contribution in [1.29, 1.82) is 0 Å². The van der Waals surface area contributed by atoms with E-state index in [1.165, 1.54) is 21.9 Å². The maximum absolute atomic E-state index is 11.7. The summed E-state index contributed by atoms with van der Waals surface area (Å²) in [4.78, 5) is 10.9. The van der Waals surface area contributed by atoms with Gasteiger partial charge in [0.05, 0.1) is 17.2 Å². The molecule has 156 valence electrons. The number of pyridine rings is 1. The van der Waals surface area contributed by atoms with Crippen LogP contribution in [0.15, 0.2) is 47.2 Å². The monoisotopic (exact) mass is 444 g/mol. The van der Waals surface area contributed by atoms with Gasteiger partial charge in [-0.3, -0.25) is 4.90 Å². The minimum atomic E-state index is -3.12. The van der Waals surface area contributed by atoms with Gasteiger partial charge in [-0.25, -0.2) is 13.4 Å². The standard InChI is InChI=1S/C20H20N4O4S2/c1-30(25,26)24-9-7-23(8-10-24)12-14-13-27-17-11-15(4-5-16(14)17)28-20-22-19-18(29-20)3-2-6-21-19/h2-6,11,13H,7-10,12H2,1H3. The average molecular weight is 445 g/mol. The molecule has 0 saturated carbocycles. The molecule has 1 fully saturated rings. The van der Waals surface area contributed by atoms with Crippen LogP contribution in [0.5, 0.6) is 10.9 Å². The van der Waals surface area contributed by atoms with Crippen LogP contribution in [0.1, 0.15) is 5.56 Å². The number of piperazine rings is 1. The SMILES string of the molecule is CS(=O)(=O)N1CCN(Cc2coc3cc(Oc4nc5ncccc5s4)ccc23)CC1. The minimum absolute atomic E-state index is 0.517. The topological polar surface area (TPSA) is 88.8 Å².